The summed E-state index contributed by atoms with van der Waals surface area (Å²) in [6.07, 6.45) is 3.56. The standard InChI is InChI=1S/C21H29N7O3/c1-6-28-14(4)16(9-24-28)18-25-17-19(26(18)5)22-12-23-20(17)31-15-7-8-27(10-15)21(29)30-11-13(2)3/h9,12-13,15H,6-8,10-11H2,1-5H3. The van der Waals surface area contributed by atoms with Crippen molar-refractivity contribution in [3.63, 3.8) is 0 Å². The highest BCUT2D eigenvalue weighted by Gasteiger charge is 2.30. The number of amides is 1. The van der Waals surface area contributed by atoms with Crippen molar-refractivity contribution < 1.29 is 14.3 Å². The maximum Gasteiger partial charge on any atom is 0.409 e. The minimum atomic E-state index is -0.295. The summed E-state index contributed by atoms with van der Waals surface area (Å²) >= 11 is 0. The minimum absolute atomic E-state index is 0.167. The summed E-state index contributed by atoms with van der Waals surface area (Å²) in [5.41, 5.74) is 3.29. The number of nitrogens with zero attached hydrogens (tertiary/aromatic N) is 7. The molecule has 10 heteroatoms. The van der Waals surface area contributed by atoms with Crippen LogP contribution in [0.3, 0.4) is 0 Å². The molecule has 1 saturated heterocycles. The largest absolute Gasteiger partial charge is 0.471 e. The monoisotopic (exact) mass is 427 g/mol. The predicted octanol–water partition coefficient (Wildman–Crippen LogP) is 2.80. The second-order valence-corrected chi connectivity index (χ2v) is 8.25. The van der Waals surface area contributed by atoms with E-state index in [-0.39, 0.29) is 12.2 Å². The molecule has 0 N–H and O–H groups in total. The van der Waals surface area contributed by atoms with Crippen LogP contribution in [-0.2, 0) is 18.3 Å². The lowest BCUT2D eigenvalue weighted by Gasteiger charge is -2.17. The summed E-state index contributed by atoms with van der Waals surface area (Å²) in [5.74, 6) is 1.50. The third-order valence-electron chi connectivity index (χ3n) is 5.49. The number of carbonyl (C=O) groups is 1. The number of hydrogen-bond donors (Lipinski definition) is 0. The number of ether oxygens (including phenoxy) is 2. The van der Waals surface area contributed by atoms with E-state index in [0.29, 0.717) is 49.1 Å². The summed E-state index contributed by atoms with van der Waals surface area (Å²) in [4.78, 5) is 27.4. The molecule has 4 heterocycles. The fourth-order valence-corrected chi connectivity index (χ4v) is 3.77. The molecule has 1 unspecified atom stereocenters. The SMILES string of the molecule is CCn1ncc(-c2nc3c(OC4CCN(C(=O)OCC(C)C)C4)ncnc3n2C)c1C. The normalized spacial score (nSPS) is 16.5. The maximum absolute atomic E-state index is 12.2. The van der Waals surface area contributed by atoms with Crippen molar-refractivity contribution in [2.24, 2.45) is 13.0 Å². The van der Waals surface area contributed by atoms with E-state index in [1.54, 1.807) is 4.90 Å². The molecule has 1 amide bonds. The van der Waals surface area contributed by atoms with Gasteiger partial charge in [0.2, 0.25) is 5.88 Å². The fraction of sp³-hybridized carbons (Fsp3) is 0.571. The number of imidazole rings is 1. The van der Waals surface area contributed by atoms with E-state index >= 15 is 0 Å². The van der Waals surface area contributed by atoms with Crippen molar-refractivity contribution in [1.29, 1.82) is 0 Å². The Bertz CT molecular complexity index is 1090. The third-order valence-corrected chi connectivity index (χ3v) is 5.49. The molecule has 1 aliphatic rings. The van der Waals surface area contributed by atoms with Gasteiger partial charge in [0.25, 0.3) is 0 Å². The van der Waals surface area contributed by atoms with Gasteiger partial charge in [-0.25, -0.2) is 14.8 Å². The van der Waals surface area contributed by atoms with Gasteiger partial charge >= 0.3 is 6.09 Å². The van der Waals surface area contributed by atoms with E-state index in [2.05, 4.69) is 22.0 Å². The first-order chi connectivity index (χ1) is 14.9. The highest BCUT2D eigenvalue weighted by molar-refractivity contribution is 5.81. The molecule has 0 radical (unpaired) electrons. The predicted molar refractivity (Wildman–Crippen MR) is 115 cm³/mol. The van der Waals surface area contributed by atoms with E-state index in [1.807, 2.05) is 43.3 Å². The summed E-state index contributed by atoms with van der Waals surface area (Å²) in [5, 5.41) is 4.42. The first-order valence-corrected chi connectivity index (χ1v) is 10.7. The lowest BCUT2D eigenvalue weighted by atomic mass is 10.2. The number of likely N-dealkylation sites (tertiary alicyclic amines) is 1. The van der Waals surface area contributed by atoms with Gasteiger partial charge in [-0.05, 0) is 19.8 Å². The molecule has 31 heavy (non-hydrogen) atoms. The smallest absolute Gasteiger partial charge is 0.409 e. The van der Waals surface area contributed by atoms with Crippen molar-refractivity contribution in [2.75, 3.05) is 19.7 Å². The average molecular weight is 428 g/mol. The lowest BCUT2D eigenvalue weighted by molar-refractivity contribution is 0.0947. The van der Waals surface area contributed by atoms with E-state index < -0.39 is 0 Å². The van der Waals surface area contributed by atoms with Gasteiger partial charge in [0.1, 0.15) is 18.3 Å². The Morgan fingerprint density at radius 1 is 1.32 bits per heavy atom. The molecule has 0 bridgehead atoms. The van der Waals surface area contributed by atoms with Crippen molar-refractivity contribution in [1.82, 2.24) is 34.2 Å². The number of aromatic nitrogens is 6. The molecule has 0 spiro atoms. The molecule has 0 aromatic carbocycles. The summed E-state index contributed by atoms with van der Waals surface area (Å²) < 4.78 is 15.3. The molecule has 0 aliphatic carbocycles. The van der Waals surface area contributed by atoms with Crippen molar-refractivity contribution in [3.8, 4) is 17.3 Å². The van der Waals surface area contributed by atoms with Crippen LogP contribution in [0.15, 0.2) is 12.5 Å². The van der Waals surface area contributed by atoms with Crippen molar-refractivity contribution in [2.45, 2.75) is 46.8 Å². The van der Waals surface area contributed by atoms with Crippen LogP contribution in [0.5, 0.6) is 5.88 Å². The second-order valence-electron chi connectivity index (χ2n) is 8.25. The molecule has 10 nitrogen and oxygen atoms in total. The van der Waals surface area contributed by atoms with Crippen LogP contribution >= 0.6 is 0 Å². The van der Waals surface area contributed by atoms with Crippen LogP contribution in [0.25, 0.3) is 22.6 Å². The van der Waals surface area contributed by atoms with Gasteiger partial charge < -0.3 is 18.9 Å². The summed E-state index contributed by atoms with van der Waals surface area (Å²) in [6.45, 7) is 10.4. The van der Waals surface area contributed by atoms with E-state index in [0.717, 1.165) is 23.6 Å². The van der Waals surface area contributed by atoms with Crippen molar-refractivity contribution >= 4 is 17.3 Å². The molecule has 3 aromatic heterocycles. The van der Waals surface area contributed by atoms with Crippen molar-refractivity contribution in [3.05, 3.63) is 18.2 Å². The second kappa shape index (κ2) is 8.52. The van der Waals surface area contributed by atoms with E-state index in [1.165, 1.54) is 6.33 Å². The van der Waals surface area contributed by atoms with Gasteiger partial charge in [0.15, 0.2) is 11.2 Å². The van der Waals surface area contributed by atoms with Gasteiger partial charge in [0.05, 0.1) is 24.9 Å². The summed E-state index contributed by atoms with van der Waals surface area (Å²) in [7, 11) is 1.92. The molecule has 1 fully saturated rings. The van der Waals surface area contributed by atoms with Crippen LogP contribution < -0.4 is 4.74 Å². The van der Waals surface area contributed by atoms with Gasteiger partial charge in [-0.3, -0.25) is 4.68 Å². The zero-order valence-electron chi connectivity index (χ0n) is 18.7. The highest BCUT2D eigenvalue weighted by Crippen LogP contribution is 2.29. The molecule has 1 aliphatic heterocycles. The number of rotatable bonds is 6. The maximum atomic E-state index is 12.2. The number of hydrogen-bond acceptors (Lipinski definition) is 7. The van der Waals surface area contributed by atoms with E-state index in [4.69, 9.17) is 14.5 Å². The number of aryl methyl sites for hydroxylation is 2. The van der Waals surface area contributed by atoms with Gasteiger partial charge in [-0.2, -0.15) is 10.1 Å². The zero-order chi connectivity index (χ0) is 22.1. The molecular weight excluding hydrogens is 398 g/mol. The Morgan fingerprint density at radius 2 is 2.13 bits per heavy atom. The van der Waals surface area contributed by atoms with Crippen LogP contribution in [0.2, 0.25) is 0 Å². The first kappa shape index (κ1) is 21.1. The zero-order valence-corrected chi connectivity index (χ0v) is 18.7. The average Bonchev–Trinajstić information content (AvgIpc) is 3.44. The highest BCUT2D eigenvalue weighted by atomic mass is 16.6. The quantitative estimate of drug-likeness (QED) is 0.596. The molecule has 3 aromatic rings. The van der Waals surface area contributed by atoms with Gasteiger partial charge in [0, 0.05) is 32.3 Å². The number of fused-ring (bicyclic) bond motifs is 1. The molecule has 1 atom stereocenters. The molecular formula is C21H29N7O3. The van der Waals surface area contributed by atoms with Gasteiger partial charge in [-0.15, -0.1) is 0 Å². The van der Waals surface area contributed by atoms with Crippen LogP contribution in [-0.4, -0.2) is 66.1 Å². The Labute approximate surface area is 181 Å². The van der Waals surface area contributed by atoms with E-state index in [9.17, 15) is 4.79 Å². The van der Waals surface area contributed by atoms with Crippen LogP contribution in [0, 0.1) is 12.8 Å². The van der Waals surface area contributed by atoms with Crippen LogP contribution in [0.1, 0.15) is 32.9 Å². The Kier molecular flexibility index (Phi) is 5.79. The molecule has 0 saturated carbocycles. The molecule has 166 valence electrons. The number of carbonyl (C=O) groups excluding carboxylic acids is 1. The lowest BCUT2D eigenvalue weighted by Crippen LogP contribution is -2.32. The summed E-state index contributed by atoms with van der Waals surface area (Å²) in [6, 6.07) is 0. The fourth-order valence-electron chi connectivity index (χ4n) is 3.77. The van der Waals surface area contributed by atoms with Gasteiger partial charge in [-0.1, -0.05) is 13.8 Å². The Morgan fingerprint density at radius 3 is 2.84 bits per heavy atom. The topological polar surface area (TPSA) is 100 Å². The minimum Gasteiger partial charge on any atom is -0.471 e. The third kappa shape index (κ3) is 4.06. The first-order valence-electron chi connectivity index (χ1n) is 10.7. The van der Waals surface area contributed by atoms with Crippen LogP contribution in [0.4, 0.5) is 4.79 Å². The molecule has 4 rings (SSSR count). The Hall–Kier alpha value is -3.17. The Balaban J connectivity index is 1.54.